The van der Waals surface area contributed by atoms with Crippen molar-refractivity contribution in [3.8, 4) is 0 Å². The summed E-state index contributed by atoms with van der Waals surface area (Å²) in [4.78, 5) is 41.5. The lowest BCUT2D eigenvalue weighted by atomic mass is 9.93. The zero-order chi connectivity index (χ0) is 28.3. The molecule has 3 N–H and O–H groups in total. The maximum absolute atomic E-state index is 12.6. The molecule has 1 amide bonds. The molecule has 2 aliphatic heterocycles. The number of ether oxygens (including phenoxy) is 1. The van der Waals surface area contributed by atoms with Crippen molar-refractivity contribution in [1.29, 1.82) is 0 Å². The first-order valence-corrected chi connectivity index (χ1v) is 14.3. The summed E-state index contributed by atoms with van der Waals surface area (Å²) < 4.78 is 7.24. The highest BCUT2D eigenvalue weighted by atomic mass is 32.1. The number of carbonyl (C=O) groups is 2. The Morgan fingerprint density at radius 2 is 1.45 bits per heavy atom. The number of hydrogen-bond donors (Lipinski definition) is 2. The lowest BCUT2D eigenvalue weighted by molar-refractivity contribution is -0.147. The summed E-state index contributed by atoms with van der Waals surface area (Å²) in [5, 5.41) is 4.60. The number of para-hydroxylation sites is 2. The third-order valence-electron chi connectivity index (χ3n) is 6.13. The maximum Gasteiger partial charge on any atom is 0.302 e. The van der Waals surface area contributed by atoms with Crippen molar-refractivity contribution in [2.45, 2.75) is 20.8 Å². The predicted molar refractivity (Wildman–Crippen MR) is 161 cm³/mol. The molecule has 0 unspecified atom stereocenters. The van der Waals surface area contributed by atoms with Gasteiger partial charge in [-0.3, -0.25) is 19.6 Å². The number of esters is 1. The minimum Gasteiger partial charge on any atom is -0.465 e. The summed E-state index contributed by atoms with van der Waals surface area (Å²) in [6.07, 6.45) is 3.78. The molecule has 6 rings (SSSR count). The van der Waals surface area contributed by atoms with Crippen LogP contribution in [0.15, 0.2) is 82.1 Å². The van der Waals surface area contributed by atoms with Gasteiger partial charge in [-0.2, -0.15) is 0 Å². The zero-order valence-electron chi connectivity index (χ0n) is 22.3. The van der Waals surface area contributed by atoms with Gasteiger partial charge in [-0.05, 0) is 50.3 Å². The molecule has 0 aliphatic carbocycles. The van der Waals surface area contributed by atoms with Crippen molar-refractivity contribution >= 4 is 66.4 Å². The Bertz CT molecular complexity index is 1660. The molecule has 11 heteroatoms. The van der Waals surface area contributed by atoms with E-state index in [2.05, 4.69) is 31.3 Å². The maximum atomic E-state index is 12.6. The average Bonchev–Trinajstić information content (AvgIpc) is 3.73. The Morgan fingerprint density at radius 3 is 2.00 bits per heavy atom. The number of nitrogens with two attached hydrogens (primary N) is 1. The van der Waals surface area contributed by atoms with Crippen molar-refractivity contribution in [2.75, 3.05) is 19.7 Å². The van der Waals surface area contributed by atoms with Gasteiger partial charge < -0.3 is 15.8 Å². The van der Waals surface area contributed by atoms with E-state index in [9.17, 15) is 9.59 Å². The van der Waals surface area contributed by atoms with Gasteiger partial charge in [0.1, 0.15) is 28.0 Å². The number of thiazole rings is 2. The summed E-state index contributed by atoms with van der Waals surface area (Å²) in [6, 6.07) is 15.9. The number of benzene rings is 2. The van der Waals surface area contributed by atoms with E-state index in [4.69, 9.17) is 10.5 Å². The fourth-order valence-corrected chi connectivity index (χ4v) is 5.89. The Hall–Kier alpha value is -4.22. The second kappa shape index (κ2) is 11.5. The van der Waals surface area contributed by atoms with Crippen molar-refractivity contribution < 1.29 is 14.3 Å². The molecule has 4 aromatic rings. The number of nitrogens with zero attached hydrogens (tertiary/aromatic N) is 4. The average molecular weight is 573 g/mol. The summed E-state index contributed by atoms with van der Waals surface area (Å²) in [7, 11) is 0. The Morgan fingerprint density at radius 1 is 0.900 bits per heavy atom. The number of allylic oxidation sites excluding steroid dienone is 2. The minimum atomic E-state index is -0.839. The summed E-state index contributed by atoms with van der Waals surface area (Å²) in [5.41, 5.74) is 9.85. The second-order valence-corrected chi connectivity index (χ2v) is 11.8. The van der Waals surface area contributed by atoms with E-state index in [1.165, 1.54) is 11.6 Å². The number of hydrogen-bond acceptors (Lipinski definition) is 10. The lowest BCUT2D eigenvalue weighted by Gasteiger charge is -2.23. The molecule has 0 bridgehead atoms. The van der Waals surface area contributed by atoms with Crippen LogP contribution in [-0.4, -0.2) is 53.0 Å². The summed E-state index contributed by atoms with van der Waals surface area (Å²) >= 11 is 3.18. The summed E-state index contributed by atoms with van der Waals surface area (Å²) in [6.45, 7) is 5.99. The van der Waals surface area contributed by atoms with E-state index in [0.29, 0.717) is 24.5 Å². The van der Waals surface area contributed by atoms with Gasteiger partial charge in [0.2, 0.25) is 5.91 Å². The van der Waals surface area contributed by atoms with Crippen LogP contribution in [-0.2, 0) is 14.3 Å². The normalized spacial score (nSPS) is 14.7. The van der Waals surface area contributed by atoms with Crippen molar-refractivity contribution in [3.63, 3.8) is 0 Å². The van der Waals surface area contributed by atoms with Gasteiger partial charge in [0.15, 0.2) is 0 Å². The van der Waals surface area contributed by atoms with Gasteiger partial charge in [-0.15, -0.1) is 22.7 Å². The fourth-order valence-electron chi connectivity index (χ4n) is 3.90. The molecule has 40 heavy (non-hydrogen) atoms. The van der Waals surface area contributed by atoms with Gasteiger partial charge in [-0.25, -0.2) is 9.97 Å². The molecule has 2 aliphatic rings. The van der Waals surface area contributed by atoms with Crippen LogP contribution in [0.3, 0.4) is 0 Å². The monoisotopic (exact) mass is 572 g/mol. The van der Waals surface area contributed by atoms with Crippen LogP contribution in [0.1, 0.15) is 30.8 Å². The number of fused-ring (bicyclic) bond motifs is 2. The number of carbonyl (C=O) groups excluding carboxylic acids is 2. The van der Waals surface area contributed by atoms with Gasteiger partial charge in [0, 0.05) is 6.92 Å². The van der Waals surface area contributed by atoms with Crippen LogP contribution < -0.4 is 11.1 Å². The van der Waals surface area contributed by atoms with Crippen LogP contribution in [0.4, 0.5) is 0 Å². The standard InChI is InChI=1S/C18H19N3O3S.C11H9N3S/c1-11(22)24-10-18(2,3)17(23)21-13-8-9-19-15(13)16-20-12-6-4-5-7-14(12)25-16;12-7-5-6-13-10(7)11-14-8-3-1-2-4-9(8)15-11/h4-8H,9-10H2,1-3H3,(H,21,23);1-5H,6,12H2. The topological polar surface area (TPSA) is 132 Å². The van der Waals surface area contributed by atoms with Crippen LogP contribution >= 0.6 is 22.7 Å². The van der Waals surface area contributed by atoms with Crippen molar-refractivity contribution in [3.05, 3.63) is 82.1 Å². The molecule has 0 spiro atoms. The predicted octanol–water partition coefficient (Wildman–Crippen LogP) is 4.63. The Kier molecular flexibility index (Phi) is 7.85. The first-order chi connectivity index (χ1) is 19.2. The molecule has 204 valence electrons. The Balaban J connectivity index is 0.000000182. The highest BCUT2D eigenvalue weighted by molar-refractivity contribution is 7.20. The number of amides is 1. The van der Waals surface area contributed by atoms with Crippen molar-refractivity contribution in [1.82, 2.24) is 15.3 Å². The first-order valence-electron chi connectivity index (χ1n) is 12.6. The molecule has 2 aromatic heterocycles. The lowest BCUT2D eigenvalue weighted by Crippen LogP contribution is -2.41. The molecule has 9 nitrogen and oxygen atoms in total. The first kappa shape index (κ1) is 27.4. The van der Waals surface area contributed by atoms with E-state index < -0.39 is 11.4 Å². The molecular weight excluding hydrogens is 544 g/mol. The van der Waals surface area contributed by atoms with Gasteiger partial charge >= 0.3 is 5.97 Å². The molecule has 0 saturated heterocycles. The number of nitrogens with one attached hydrogen (secondary N) is 1. The molecule has 0 saturated carbocycles. The largest absolute Gasteiger partial charge is 0.465 e. The van der Waals surface area contributed by atoms with Gasteiger partial charge in [0.25, 0.3) is 0 Å². The number of rotatable bonds is 6. The van der Waals surface area contributed by atoms with Crippen LogP contribution in [0.5, 0.6) is 0 Å². The fraction of sp³-hybridized carbons (Fsp3) is 0.241. The van der Waals surface area contributed by atoms with Crippen LogP contribution in [0.25, 0.3) is 20.4 Å². The van der Waals surface area contributed by atoms with E-state index in [1.54, 1.807) is 36.5 Å². The molecule has 0 radical (unpaired) electrons. The molecule has 0 fully saturated rings. The van der Waals surface area contributed by atoms with E-state index in [1.807, 2.05) is 54.6 Å². The third kappa shape index (κ3) is 6.00. The molecular formula is C29H28N6O3S2. The van der Waals surface area contributed by atoms with Crippen LogP contribution in [0.2, 0.25) is 0 Å². The quantitative estimate of drug-likeness (QED) is 0.324. The van der Waals surface area contributed by atoms with E-state index in [-0.39, 0.29) is 12.5 Å². The molecule has 0 atom stereocenters. The smallest absolute Gasteiger partial charge is 0.302 e. The highest BCUT2D eigenvalue weighted by Gasteiger charge is 2.31. The van der Waals surface area contributed by atoms with Gasteiger partial charge in [-0.1, -0.05) is 24.3 Å². The zero-order valence-corrected chi connectivity index (χ0v) is 23.9. The molecule has 2 aromatic carbocycles. The van der Waals surface area contributed by atoms with Gasteiger partial charge in [0.05, 0.1) is 50.3 Å². The Labute approximate surface area is 239 Å². The van der Waals surface area contributed by atoms with E-state index >= 15 is 0 Å². The van der Waals surface area contributed by atoms with E-state index in [0.717, 1.165) is 37.2 Å². The highest BCUT2D eigenvalue weighted by Crippen LogP contribution is 2.26. The second-order valence-electron chi connectivity index (χ2n) is 9.75. The van der Waals surface area contributed by atoms with Crippen molar-refractivity contribution in [2.24, 2.45) is 21.1 Å². The summed E-state index contributed by atoms with van der Waals surface area (Å²) in [5.74, 6) is -0.631. The minimum absolute atomic E-state index is 0.0229. The third-order valence-corrected chi connectivity index (χ3v) is 8.21. The van der Waals surface area contributed by atoms with Crippen LogP contribution in [0, 0.1) is 5.41 Å². The number of aromatic nitrogens is 2. The number of aliphatic imine (C=N–C) groups is 2. The molecule has 4 heterocycles. The SMILES string of the molecule is CC(=O)OCC(C)(C)C(=O)NC1=CCN=C1c1nc2ccccc2s1.NC1=CCN=C1c1nc2ccccc2s1.